The number of carbonyl (C=O) groups is 3. The first-order valence-electron chi connectivity index (χ1n) is 28.6. The van der Waals surface area contributed by atoms with Gasteiger partial charge in [0.1, 0.15) is 13.2 Å². The third kappa shape index (κ3) is 53.5. The lowest BCUT2D eigenvalue weighted by molar-refractivity contribution is -0.167. The third-order valence-electron chi connectivity index (χ3n) is 12.1. The Labute approximate surface area is 420 Å². The molecule has 0 amide bonds. The van der Waals surface area contributed by atoms with Gasteiger partial charge in [0.2, 0.25) is 0 Å². The van der Waals surface area contributed by atoms with E-state index in [0.717, 1.165) is 103 Å². The molecule has 0 N–H and O–H groups in total. The molecule has 0 rings (SSSR count). The van der Waals surface area contributed by atoms with E-state index in [-0.39, 0.29) is 37.5 Å². The predicted octanol–water partition coefficient (Wildman–Crippen LogP) is 19.2. The second kappa shape index (κ2) is 56.2. The Kier molecular flexibility index (Phi) is 53.4. The molecular formula is C62H106O6. The van der Waals surface area contributed by atoms with E-state index in [9.17, 15) is 14.4 Å². The molecule has 6 nitrogen and oxygen atoms in total. The zero-order chi connectivity index (χ0) is 49.3. The van der Waals surface area contributed by atoms with E-state index in [2.05, 4.69) is 106 Å². The Hall–Kier alpha value is -3.41. The maximum atomic E-state index is 12.8. The van der Waals surface area contributed by atoms with Crippen LogP contribution in [0, 0.1) is 0 Å². The van der Waals surface area contributed by atoms with Crippen molar-refractivity contribution < 1.29 is 28.6 Å². The van der Waals surface area contributed by atoms with Gasteiger partial charge in [-0.25, -0.2) is 0 Å². The standard InChI is InChI=1S/C62H106O6/c1-4-7-10-13-16-19-22-25-28-29-30-31-32-33-35-37-40-43-46-49-52-55-61(64)67-58-59(57-66-60(63)54-51-48-45-42-39-36-27-24-21-18-15-12-9-6-3)68-62(65)56-53-50-47-44-41-38-34-26-23-20-17-14-11-8-5-2/h8,11,15,17-18,20,24,26-27,29-30,34,41,44,59H,4-7,9-10,12-14,16,19,21-23,25,28,31-33,35-40,42-43,45-58H2,1-3H3/b11-8-,18-15-,20-17-,27-24-,30-29-,34-26-,44-41-. The Morgan fingerprint density at radius 2 is 0.588 bits per heavy atom. The van der Waals surface area contributed by atoms with Gasteiger partial charge in [-0.15, -0.1) is 0 Å². The van der Waals surface area contributed by atoms with Crippen LogP contribution >= 0.6 is 0 Å². The molecule has 0 saturated carbocycles. The average molecular weight is 948 g/mol. The zero-order valence-electron chi connectivity index (χ0n) is 44.6. The van der Waals surface area contributed by atoms with Crippen LogP contribution < -0.4 is 0 Å². The van der Waals surface area contributed by atoms with E-state index in [4.69, 9.17) is 14.2 Å². The highest BCUT2D eigenvalue weighted by Crippen LogP contribution is 2.15. The van der Waals surface area contributed by atoms with Crippen molar-refractivity contribution in [3.8, 4) is 0 Å². The SMILES string of the molecule is CC/C=C\C/C=C\C/C=C\C/C=C\CCCCC(=O)OC(COC(=O)CCCCCCC/C=C\C/C=C\CCCC)COC(=O)CCCCCCCCCCC/C=C\CCCCCCCCCC. The Morgan fingerprint density at radius 1 is 0.309 bits per heavy atom. The van der Waals surface area contributed by atoms with Gasteiger partial charge in [-0.1, -0.05) is 228 Å². The molecule has 0 spiro atoms. The van der Waals surface area contributed by atoms with E-state index in [1.165, 1.54) is 122 Å². The average Bonchev–Trinajstić information content (AvgIpc) is 3.34. The summed E-state index contributed by atoms with van der Waals surface area (Å²) < 4.78 is 16.8. The van der Waals surface area contributed by atoms with Gasteiger partial charge in [0.05, 0.1) is 0 Å². The van der Waals surface area contributed by atoms with Crippen molar-refractivity contribution in [1.82, 2.24) is 0 Å². The number of allylic oxidation sites excluding steroid dienone is 14. The molecule has 0 heterocycles. The van der Waals surface area contributed by atoms with E-state index >= 15 is 0 Å². The van der Waals surface area contributed by atoms with Crippen molar-refractivity contribution in [3.63, 3.8) is 0 Å². The second-order valence-electron chi connectivity index (χ2n) is 18.8. The van der Waals surface area contributed by atoms with Gasteiger partial charge in [0, 0.05) is 19.3 Å². The summed E-state index contributed by atoms with van der Waals surface area (Å²) in [6.07, 6.45) is 72.9. The van der Waals surface area contributed by atoms with E-state index in [1.54, 1.807) is 0 Å². The lowest BCUT2D eigenvalue weighted by atomic mass is 10.1. The highest BCUT2D eigenvalue weighted by Gasteiger charge is 2.19. The van der Waals surface area contributed by atoms with Crippen LogP contribution in [0.1, 0.15) is 271 Å². The van der Waals surface area contributed by atoms with E-state index in [0.29, 0.717) is 19.3 Å². The molecule has 0 fully saturated rings. The van der Waals surface area contributed by atoms with Crippen molar-refractivity contribution >= 4 is 17.9 Å². The minimum Gasteiger partial charge on any atom is -0.462 e. The number of esters is 3. The minimum atomic E-state index is -0.805. The Morgan fingerprint density at radius 3 is 0.985 bits per heavy atom. The van der Waals surface area contributed by atoms with Crippen LogP contribution in [0.3, 0.4) is 0 Å². The molecular weight excluding hydrogens is 841 g/mol. The first-order valence-corrected chi connectivity index (χ1v) is 28.6. The van der Waals surface area contributed by atoms with Crippen LogP contribution in [-0.4, -0.2) is 37.2 Å². The maximum absolute atomic E-state index is 12.8. The van der Waals surface area contributed by atoms with Crippen LogP contribution in [-0.2, 0) is 28.6 Å². The summed E-state index contributed by atoms with van der Waals surface area (Å²) in [5.74, 6) is -0.953. The molecule has 1 atom stereocenters. The van der Waals surface area contributed by atoms with Gasteiger partial charge < -0.3 is 14.2 Å². The topological polar surface area (TPSA) is 78.9 Å². The predicted molar refractivity (Wildman–Crippen MR) is 293 cm³/mol. The summed E-state index contributed by atoms with van der Waals surface area (Å²) in [6.45, 7) is 6.45. The van der Waals surface area contributed by atoms with Crippen LogP contribution in [0.25, 0.3) is 0 Å². The quantitative estimate of drug-likeness (QED) is 0.0262. The van der Waals surface area contributed by atoms with Crippen molar-refractivity contribution in [2.45, 2.75) is 277 Å². The van der Waals surface area contributed by atoms with Crippen molar-refractivity contribution in [2.24, 2.45) is 0 Å². The minimum absolute atomic E-state index is 0.0988. The molecule has 0 aromatic heterocycles. The number of ether oxygens (including phenoxy) is 3. The Balaban J connectivity index is 4.40. The normalized spacial score (nSPS) is 12.7. The molecule has 0 aromatic rings. The summed E-state index contributed by atoms with van der Waals surface area (Å²) >= 11 is 0. The van der Waals surface area contributed by atoms with Crippen molar-refractivity contribution in [3.05, 3.63) is 85.1 Å². The second-order valence-corrected chi connectivity index (χ2v) is 18.8. The molecule has 0 aliphatic rings. The van der Waals surface area contributed by atoms with E-state index < -0.39 is 6.10 Å². The zero-order valence-corrected chi connectivity index (χ0v) is 44.6. The Bertz CT molecular complexity index is 1320. The molecule has 0 aromatic carbocycles. The fourth-order valence-corrected chi connectivity index (χ4v) is 7.80. The smallest absolute Gasteiger partial charge is 0.306 e. The highest BCUT2D eigenvalue weighted by molar-refractivity contribution is 5.71. The molecule has 0 bridgehead atoms. The molecule has 1 unspecified atom stereocenters. The fraction of sp³-hybridized carbons (Fsp3) is 0.726. The summed E-state index contributed by atoms with van der Waals surface area (Å²) in [6, 6.07) is 0. The van der Waals surface area contributed by atoms with Crippen LogP contribution in [0.5, 0.6) is 0 Å². The van der Waals surface area contributed by atoms with E-state index in [1.807, 2.05) is 0 Å². The van der Waals surface area contributed by atoms with Crippen molar-refractivity contribution in [2.75, 3.05) is 13.2 Å². The van der Waals surface area contributed by atoms with Gasteiger partial charge >= 0.3 is 17.9 Å². The maximum Gasteiger partial charge on any atom is 0.306 e. The van der Waals surface area contributed by atoms with Gasteiger partial charge in [0.15, 0.2) is 6.10 Å². The number of hydrogen-bond donors (Lipinski definition) is 0. The molecule has 0 aliphatic carbocycles. The van der Waals surface area contributed by atoms with Crippen LogP contribution in [0.4, 0.5) is 0 Å². The van der Waals surface area contributed by atoms with Gasteiger partial charge in [0.25, 0.3) is 0 Å². The van der Waals surface area contributed by atoms with Crippen LogP contribution in [0.2, 0.25) is 0 Å². The lowest BCUT2D eigenvalue weighted by Crippen LogP contribution is -2.30. The van der Waals surface area contributed by atoms with Crippen molar-refractivity contribution in [1.29, 1.82) is 0 Å². The lowest BCUT2D eigenvalue weighted by Gasteiger charge is -2.18. The molecule has 0 aliphatic heterocycles. The third-order valence-corrected chi connectivity index (χ3v) is 12.1. The van der Waals surface area contributed by atoms with Gasteiger partial charge in [-0.3, -0.25) is 14.4 Å². The van der Waals surface area contributed by atoms with Gasteiger partial charge in [-0.05, 0) is 109 Å². The summed E-state index contributed by atoms with van der Waals surface area (Å²) in [4.78, 5) is 38.1. The fourth-order valence-electron chi connectivity index (χ4n) is 7.80. The first-order chi connectivity index (χ1) is 33.5. The number of carbonyl (C=O) groups excluding carboxylic acids is 3. The summed E-state index contributed by atoms with van der Waals surface area (Å²) in [5.41, 5.74) is 0. The number of hydrogen-bond acceptors (Lipinski definition) is 6. The summed E-state index contributed by atoms with van der Waals surface area (Å²) in [7, 11) is 0. The largest absolute Gasteiger partial charge is 0.462 e. The molecule has 0 saturated heterocycles. The molecule has 68 heavy (non-hydrogen) atoms. The highest BCUT2D eigenvalue weighted by atomic mass is 16.6. The van der Waals surface area contributed by atoms with Gasteiger partial charge in [-0.2, -0.15) is 0 Å². The van der Waals surface area contributed by atoms with Crippen LogP contribution in [0.15, 0.2) is 85.1 Å². The number of unbranched alkanes of at least 4 members (excludes halogenated alkanes) is 26. The molecule has 6 heteroatoms. The number of rotatable bonds is 51. The summed E-state index contributed by atoms with van der Waals surface area (Å²) in [5, 5.41) is 0. The molecule has 390 valence electrons. The first kappa shape index (κ1) is 64.6. The monoisotopic (exact) mass is 947 g/mol. The molecule has 0 radical (unpaired) electrons.